The molecule has 7 heteroatoms. The molecule has 1 aliphatic carbocycles. The van der Waals surface area contributed by atoms with Crippen molar-refractivity contribution in [2.75, 3.05) is 12.4 Å². The third-order valence-corrected chi connectivity index (χ3v) is 6.24. The minimum atomic E-state index is 0.820. The predicted molar refractivity (Wildman–Crippen MR) is 105 cm³/mol. The topological polar surface area (TPSA) is 63.8 Å². The van der Waals surface area contributed by atoms with Gasteiger partial charge >= 0.3 is 0 Å². The van der Waals surface area contributed by atoms with Crippen LogP contribution < -0.4 is 5.32 Å². The van der Waals surface area contributed by atoms with Gasteiger partial charge in [-0.25, -0.2) is 4.98 Å². The van der Waals surface area contributed by atoms with Crippen LogP contribution in [0.2, 0.25) is 0 Å². The van der Waals surface area contributed by atoms with Gasteiger partial charge in [0.2, 0.25) is 5.13 Å². The van der Waals surface area contributed by atoms with Gasteiger partial charge in [0.05, 0.1) is 12.0 Å². The van der Waals surface area contributed by atoms with Gasteiger partial charge in [0.25, 0.3) is 0 Å². The first kappa shape index (κ1) is 15.5. The van der Waals surface area contributed by atoms with Crippen molar-refractivity contribution >= 4 is 33.4 Å². The van der Waals surface area contributed by atoms with Crippen molar-refractivity contribution in [2.45, 2.75) is 6.42 Å². The lowest BCUT2D eigenvalue weighted by atomic mass is 10.0. The lowest BCUT2D eigenvalue weighted by molar-refractivity contribution is 0.568. The van der Waals surface area contributed by atoms with E-state index < -0.39 is 0 Å². The summed E-state index contributed by atoms with van der Waals surface area (Å²) in [6, 6.07) is 8.43. The van der Waals surface area contributed by atoms with Gasteiger partial charge in [-0.1, -0.05) is 29.5 Å². The Hall–Kier alpha value is -2.77. The van der Waals surface area contributed by atoms with Crippen molar-refractivity contribution in [3.05, 3.63) is 65.1 Å². The van der Waals surface area contributed by atoms with Crippen LogP contribution >= 0.6 is 22.7 Å². The molecule has 3 aromatic heterocycles. The third kappa shape index (κ3) is 2.56. The minimum absolute atomic E-state index is 0.820. The Kier molecular flexibility index (Phi) is 3.69. The van der Waals surface area contributed by atoms with Gasteiger partial charge in [-0.15, -0.1) is 21.5 Å². The summed E-state index contributed by atoms with van der Waals surface area (Å²) in [6.45, 7) is 0. The summed E-state index contributed by atoms with van der Waals surface area (Å²) in [4.78, 5) is 4.81. The molecule has 0 radical (unpaired) electrons. The number of rotatable bonds is 4. The Morgan fingerprint density at radius 1 is 1.12 bits per heavy atom. The van der Waals surface area contributed by atoms with Crippen molar-refractivity contribution in [2.24, 2.45) is 0 Å². The normalized spacial score (nSPS) is 12.9. The van der Waals surface area contributed by atoms with Crippen LogP contribution in [0.1, 0.15) is 16.8 Å². The summed E-state index contributed by atoms with van der Waals surface area (Å²) in [5.41, 5.74) is 6.84. The summed E-state index contributed by atoms with van der Waals surface area (Å²) in [6.07, 6.45) is 6.59. The van der Waals surface area contributed by atoms with Crippen LogP contribution in [-0.2, 0) is 6.42 Å². The number of aromatic nitrogens is 3. The van der Waals surface area contributed by atoms with Crippen LogP contribution in [0.4, 0.5) is 5.13 Å². The highest BCUT2D eigenvalue weighted by Gasteiger charge is 2.20. The van der Waals surface area contributed by atoms with E-state index in [2.05, 4.69) is 45.2 Å². The number of furan rings is 1. The molecule has 1 N–H and O–H groups in total. The quantitative estimate of drug-likeness (QED) is 0.544. The van der Waals surface area contributed by atoms with Crippen molar-refractivity contribution in [1.82, 2.24) is 15.2 Å². The molecule has 26 heavy (non-hydrogen) atoms. The maximum absolute atomic E-state index is 5.17. The van der Waals surface area contributed by atoms with E-state index in [0.717, 1.165) is 38.4 Å². The molecule has 3 heterocycles. The molecule has 128 valence electrons. The molecule has 0 atom stereocenters. The van der Waals surface area contributed by atoms with E-state index in [1.807, 2.05) is 13.1 Å². The van der Waals surface area contributed by atoms with E-state index in [1.54, 1.807) is 35.2 Å². The van der Waals surface area contributed by atoms with E-state index in [0.29, 0.717) is 0 Å². The van der Waals surface area contributed by atoms with E-state index in [-0.39, 0.29) is 0 Å². The van der Waals surface area contributed by atoms with E-state index in [9.17, 15) is 0 Å². The number of allylic oxidation sites excluding steroid dienone is 1. The van der Waals surface area contributed by atoms with Crippen molar-refractivity contribution in [3.8, 4) is 21.1 Å². The molecular weight excluding hydrogens is 364 g/mol. The SMILES string of the molecule is CNc1nnc(-c2ccc3c(c2)C(c2csc(-c4ccoc4)n2)=CC3)s1. The van der Waals surface area contributed by atoms with Crippen molar-refractivity contribution in [1.29, 1.82) is 0 Å². The summed E-state index contributed by atoms with van der Waals surface area (Å²) in [7, 11) is 1.85. The van der Waals surface area contributed by atoms with Crippen LogP contribution in [0.15, 0.2) is 52.7 Å². The molecule has 1 aromatic carbocycles. The molecular formula is C19H14N4OS2. The van der Waals surface area contributed by atoms with Gasteiger partial charge < -0.3 is 9.73 Å². The molecule has 0 saturated carbocycles. The second kappa shape index (κ2) is 6.19. The molecule has 0 spiro atoms. The fraction of sp³-hybridized carbons (Fsp3) is 0.105. The van der Waals surface area contributed by atoms with Gasteiger partial charge in [-0.3, -0.25) is 0 Å². The van der Waals surface area contributed by atoms with Crippen LogP contribution in [0.25, 0.3) is 26.7 Å². The van der Waals surface area contributed by atoms with Crippen LogP contribution in [-0.4, -0.2) is 22.2 Å². The zero-order chi connectivity index (χ0) is 17.5. The Labute approximate surface area is 158 Å². The highest BCUT2D eigenvalue weighted by atomic mass is 32.1. The maximum atomic E-state index is 5.17. The van der Waals surface area contributed by atoms with E-state index in [1.165, 1.54) is 16.7 Å². The summed E-state index contributed by atoms with van der Waals surface area (Å²) in [5, 5.41) is 16.3. The summed E-state index contributed by atoms with van der Waals surface area (Å²) < 4.78 is 5.17. The fourth-order valence-electron chi connectivity index (χ4n) is 3.06. The molecule has 0 unspecified atom stereocenters. The van der Waals surface area contributed by atoms with Gasteiger partial charge in [-0.05, 0) is 29.7 Å². The molecule has 4 aromatic rings. The maximum Gasteiger partial charge on any atom is 0.205 e. The molecule has 5 rings (SSSR count). The van der Waals surface area contributed by atoms with Crippen LogP contribution in [0, 0.1) is 0 Å². The van der Waals surface area contributed by atoms with Gasteiger partial charge in [0.1, 0.15) is 16.3 Å². The fourth-order valence-corrected chi connectivity index (χ4v) is 4.56. The molecule has 1 aliphatic rings. The third-order valence-electron chi connectivity index (χ3n) is 4.36. The minimum Gasteiger partial charge on any atom is -0.472 e. The van der Waals surface area contributed by atoms with Gasteiger partial charge in [0.15, 0.2) is 0 Å². The van der Waals surface area contributed by atoms with Gasteiger partial charge in [-0.2, -0.15) is 0 Å². The molecule has 5 nitrogen and oxygen atoms in total. The summed E-state index contributed by atoms with van der Waals surface area (Å²) in [5.74, 6) is 0. The number of hydrogen-bond acceptors (Lipinski definition) is 7. The molecule has 0 fully saturated rings. The number of fused-ring (bicyclic) bond motifs is 1. The lowest BCUT2D eigenvalue weighted by Crippen LogP contribution is -1.89. The Balaban J connectivity index is 1.52. The molecule has 0 amide bonds. The zero-order valence-corrected chi connectivity index (χ0v) is 15.5. The number of nitrogens with zero attached hydrogens (tertiary/aromatic N) is 3. The van der Waals surface area contributed by atoms with Crippen molar-refractivity contribution in [3.63, 3.8) is 0 Å². The average molecular weight is 378 g/mol. The Bertz CT molecular complexity index is 1110. The molecule has 0 aliphatic heterocycles. The number of hydrogen-bond donors (Lipinski definition) is 1. The smallest absolute Gasteiger partial charge is 0.205 e. The first-order valence-electron chi connectivity index (χ1n) is 8.15. The van der Waals surface area contributed by atoms with Crippen LogP contribution in [0.3, 0.4) is 0 Å². The lowest BCUT2D eigenvalue weighted by Gasteiger charge is -2.05. The van der Waals surface area contributed by atoms with Crippen molar-refractivity contribution < 1.29 is 4.42 Å². The predicted octanol–water partition coefficient (Wildman–Crippen LogP) is 4.95. The standard InChI is InChI=1S/C19H14N4OS2/c1-20-19-23-22-18(26-19)12-3-2-11-4-5-14(15(11)8-12)16-10-25-17(21-16)13-6-7-24-9-13/h2-3,5-10H,4H2,1H3,(H,20,23). The Morgan fingerprint density at radius 2 is 2.08 bits per heavy atom. The highest BCUT2D eigenvalue weighted by molar-refractivity contribution is 7.18. The average Bonchev–Trinajstić information content (AvgIpc) is 3.47. The van der Waals surface area contributed by atoms with Gasteiger partial charge in [0, 0.05) is 29.1 Å². The van der Waals surface area contributed by atoms with E-state index >= 15 is 0 Å². The summed E-state index contributed by atoms with van der Waals surface area (Å²) >= 11 is 3.19. The second-order valence-electron chi connectivity index (χ2n) is 5.91. The monoisotopic (exact) mass is 378 g/mol. The number of benzene rings is 1. The second-order valence-corrected chi connectivity index (χ2v) is 7.74. The zero-order valence-electron chi connectivity index (χ0n) is 13.9. The number of nitrogens with one attached hydrogen (secondary N) is 1. The van der Waals surface area contributed by atoms with E-state index in [4.69, 9.17) is 9.40 Å². The number of anilines is 1. The molecule has 0 bridgehead atoms. The van der Waals surface area contributed by atoms with Crippen LogP contribution in [0.5, 0.6) is 0 Å². The Morgan fingerprint density at radius 3 is 2.88 bits per heavy atom. The first-order chi connectivity index (χ1) is 12.8. The first-order valence-corrected chi connectivity index (χ1v) is 9.85. The number of thiazole rings is 1. The molecule has 0 saturated heterocycles. The largest absolute Gasteiger partial charge is 0.472 e. The highest BCUT2D eigenvalue weighted by Crippen LogP contribution is 2.38.